The van der Waals surface area contributed by atoms with Crippen LogP contribution >= 0.6 is 0 Å². The fourth-order valence-corrected chi connectivity index (χ4v) is 2.13. The number of benzene rings is 2. The Morgan fingerprint density at radius 2 is 1.38 bits per heavy atom. The summed E-state index contributed by atoms with van der Waals surface area (Å²) in [6, 6.07) is 14.0. The SMILES string of the molecule is CC(=O)NCc1ccc(C(=O)Nc2ccc(NC(=O)C(C)C)cc2)cc1. The van der Waals surface area contributed by atoms with Crippen LogP contribution in [0.25, 0.3) is 0 Å². The summed E-state index contributed by atoms with van der Waals surface area (Å²) in [5.41, 5.74) is 2.76. The standard InChI is InChI=1S/C20H23N3O3/c1-13(2)19(25)22-17-8-10-18(11-9-17)23-20(26)16-6-4-15(5-7-16)12-21-14(3)24/h4-11,13H,12H2,1-3H3,(H,21,24)(H,22,25)(H,23,26). The second kappa shape index (κ2) is 8.80. The molecule has 0 heterocycles. The molecule has 2 aromatic carbocycles. The van der Waals surface area contributed by atoms with Gasteiger partial charge in [0, 0.05) is 36.3 Å². The first-order valence-corrected chi connectivity index (χ1v) is 8.41. The number of hydrogen-bond donors (Lipinski definition) is 3. The number of amides is 3. The summed E-state index contributed by atoms with van der Waals surface area (Å²) in [6.45, 7) is 5.54. The fraction of sp³-hybridized carbons (Fsp3) is 0.250. The molecule has 0 spiro atoms. The van der Waals surface area contributed by atoms with E-state index < -0.39 is 0 Å². The predicted octanol–water partition coefficient (Wildman–Crippen LogP) is 3.17. The van der Waals surface area contributed by atoms with E-state index in [2.05, 4.69) is 16.0 Å². The van der Waals surface area contributed by atoms with Gasteiger partial charge in [0.25, 0.3) is 5.91 Å². The molecule has 6 heteroatoms. The number of carbonyl (C=O) groups excluding carboxylic acids is 3. The van der Waals surface area contributed by atoms with Gasteiger partial charge in [0.2, 0.25) is 11.8 Å². The Kier molecular flexibility index (Phi) is 6.49. The Balaban J connectivity index is 1.94. The highest BCUT2D eigenvalue weighted by Crippen LogP contribution is 2.16. The van der Waals surface area contributed by atoms with Crippen molar-refractivity contribution < 1.29 is 14.4 Å². The summed E-state index contributed by atoms with van der Waals surface area (Å²) in [5, 5.41) is 8.31. The topological polar surface area (TPSA) is 87.3 Å². The third kappa shape index (κ3) is 5.73. The zero-order valence-electron chi connectivity index (χ0n) is 15.1. The lowest BCUT2D eigenvalue weighted by molar-refractivity contribution is -0.119. The maximum Gasteiger partial charge on any atom is 0.255 e. The van der Waals surface area contributed by atoms with E-state index in [0.29, 0.717) is 23.5 Å². The van der Waals surface area contributed by atoms with Crippen molar-refractivity contribution in [2.45, 2.75) is 27.3 Å². The van der Waals surface area contributed by atoms with E-state index in [4.69, 9.17) is 0 Å². The largest absolute Gasteiger partial charge is 0.352 e. The van der Waals surface area contributed by atoms with Crippen LogP contribution in [0.1, 0.15) is 36.7 Å². The number of nitrogens with one attached hydrogen (secondary N) is 3. The van der Waals surface area contributed by atoms with Crippen LogP contribution in [0.4, 0.5) is 11.4 Å². The van der Waals surface area contributed by atoms with Gasteiger partial charge in [-0.05, 0) is 42.0 Å². The third-order valence-corrected chi connectivity index (χ3v) is 3.69. The van der Waals surface area contributed by atoms with Crippen LogP contribution in [0.5, 0.6) is 0 Å². The van der Waals surface area contributed by atoms with Crippen LogP contribution in [-0.4, -0.2) is 17.7 Å². The molecule has 2 rings (SSSR count). The molecule has 0 aliphatic rings. The first kappa shape index (κ1) is 19.2. The zero-order valence-corrected chi connectivity index (χ0v) is 15.1. The van der Waals surface area contributed by atoms with Crippen molar-refractivity contribution in [3.05, 3.63) is 59.7 Å². The van der Waals surface area contributed by atoms with Gasteiger partial charge in [-0.15, -0.1) is 0 Å². The van der Waals surface area contributed by atoms with Gasteiger partial charge in [-0.3, -0.25) is 14.4 Å². The normalized spacial score (nSPS) is 10.3. The molecule has 0 fully saturated rings. The van der Waals surface area contributed by atoms with Gasteiger partial charge in [-0.2, -0.15) is 0 Å². The van der Waals surface area contributed by atoms with Crippen LogP contribution in [0.2, 0.25) is 0 Å². The molecule has 136 valence electrons. The number of hydrogen-bond acceptors (Lipinski definition) is 3. The van der Waals surface area contributed by atoms with Gasteiger partial charge >= 0.3 is 0 Å². The number of rotatable bonds is 6. The van der Waals surface area contributed by atoms with E-state index in [0.717, 1.165) is 5.56 Å². The quantitative estimate of drug-likeness (QED) is 0.745. The van der Waals surface area contributed by atoms with Crippen LogP contribution in [0, 0.1) is 5.92 Å². The van der Waals surface area contributed by atoms with Gasteiger partial charge in [0.05, 0.1) is 0 Å². The van der Waals surface area contributed by atoms with Crippen molar-refractivity contribution in [3.8, 4) is 0 Å². The van der Waals surface area contributed by atoms with Crippen molar-refractivity contribution in [2.24, 2.45) is 5.92 Å². The molecule has 0 radical (unpaired) electrons. The van der Waals surface area contributed by atoms with E-state index in [1.54, 1.807) is 48.5 Å². The minimum Gasteiger partial charge on any atom is -0.352 e. The second-order valence-electron chi connectivity index (χ2n) is 6.28. The molecule has 26 heavy (non-hydrogen) atoms. The smallest absolute Gasteiger partial charge is 0.255 e. The van der Waals surface area contributed by atoms with Gasteiger partial charge in [-0.1, -0.05) is 26.0 Å². The molecule has 0 unspecified atom stereocenters. The van der Waals surface area contributed by atoms with Crippen LogP contribution in [0.15, 0.2) is 48.5 Å². The average Bonchev–Trinajstić information content (AvgIpc) is 2.61. The van der Waals surface area contributed by atoms with Crippen LogP contribution in [-0.2, 0) is 16.1 Å². The Bertz CT molecular complexity index is 781. The molecule has 0 aliphatic carbocycles. The summed E-state index contributed by atoms with van der Waals surface area (Å²) in [6.07, 6.45) is 0. The Labute approximate surface area is 153 Å². The van der Waals surface area contributed by atoms with E-state index in [-0.39, 0.29) is 23.6 Å². The van der Waals surface area contributed by atoms with Gasteiger partial charge in [0.1, 0.15) is 0 Å². The van der Waals surface area contributed by atoms with Crippen molar-refractivity contribution in [3.63, 3.8) is 0 Å². The molecule has 0 aromatic heterocycles. The van der Waals surface area contributed by atoms with Crippen LogP contribution < -0.4 is 16.0 Å². The van der Waals surface area contributed by atoms with Crippen molar-refractivity contribution in [1.82, 2.24) is 5.32 Å². The molecule has 2 aromatic rings. The van der Waals surface area contributed by atoms with E-state index in [1.807, 2.05) is 13.8 Å². The second-order valence-corrected chi connectivity index (χ2v) is 6.28. The predicted molar refractivity (Wildman–Crippen MR) is 102 cm³/mol. The van der Waals surface area contributed by atoms with Crippen molar-refractivity contribution in [1.29, 1.82) is 0 Å². The Hall–Kier alpha value is -3.15. The highest BCUT2D eigenvalue weighted by atomic mass is 16.2. The molecule has 3 N–H and O–H groups in total. The van der Waals surface area contributed by atoms with Gasteiger partial charge < -0.3 is 16.0 Å². The highest BCUT2D eigenvalue weighted by Gasteiger charge is 2.08. The number of carbonyl (C=O) groups is 3. The minimum atomic E-state index is -0.227. The molecular formula is C20H23N3O3. The minimum absolute atomic E-state index is 0.0545. The average molecular weight is 353 g/mol. The Morgan fingerprint density at radius 3 is 1.88 bits per heavy atom. The molecule has 0 bridgehead atoms. The molecular weight excluding hydrogens is 330 g/mol. The first-order chi connectivity index (χ1) is 12.3. The van der Waals surface area contributed by atoms with Crippen molar-refractivity contribution in [2.75, 3.05) is 10.6 Å². The number of anilines is 2. The summed E-state index contributed by atoms with van der Waals surface area (Å²) in [7, 11) is 0. The Morgan fingerprint density at radius 1 is 0.846 bits per heavy atom. The third-order valence-electron chi connectivity index (χ3n) is 3.69. The maximum absolute atomic E-state index is 12.3. The molecule has 0 atom stereocenters. The summed E-state index contributed by atoms with van der Waals surface area (Å²) >= 11 is 0. The summed E-state index contributed by atoms with van der Waals surface area (Å²) in [5.74, 6) is -0.473. The molecule has 0 aliphatic heterocycles. The highest BCUT2D eigenvalue weighted by molar-refractivity contribution is 6.04. The maximum atomic E-state index is 12.3. The lowest BCUT2D eigenvalue weighted by Gasteiger charge is -2.10. The van der Waals surface area contributed by atoms with E-state index in [9.17, 15) is 14.4 Å². The van der Waals surface area contributed by atoms with Gasteiger partial charge in [0.15, 0.2) is 0 Å². The lowest BCUT2D eigenvalue weighted by atomic mass is 10.1. The zero-order chi connectivity index (χ0) is 19.1. The van der Waals surface area contributed by atoms with Crippen molar-refractivity contribution >= 4 is 29.1 Å². The van der Waals surface area contributed by atoms with E-state index in [1.165, 1.54) is 6.92 Å². The molecule has 0 saturated carbocycles. The van der Waals surface area contributed by atoms with E-state index >= 15 is 0 Å². The van der Waals surface area contributed by atoms with Gasteiger partial charge in [-0.25, -0.2) is 0 Å². The summed E-state index contributed by atoms with van der Waals surface area (Å²) < 4.78 is 0. The molecule has 3 amide bonds. The molecule has 6 nitrogen and oxygen atoms in total. The molecule has 0 saturated heterocycles. The lowest BCUT2D eigenvalue weighted by Crippen LogP contribution is -2.19. The first-order valence-electron chi connectivity index (χ1n) is 8.41. The summed E-state index contributed by atoms with van der Waals surface area (Å²) in [4.78, 5) is 34.9. The monoisotopic (exact) mass is 353 g/mol. The van der Waals surface area contributed by atoms with Crippen LogP contribution in [0.3, 0.4) is 0 Å². The fourth-order valence-electron chi connectivity index (χ4n) is 2.13.